The van der Waals surface area contributed by atoms with E-state index in [9.17, 15) is 0 Å². The number of aromatic nitrogens is 4. The molecule has 2 heterocycles. The molecule has 0 atom stereocenters. The van der Waals surface area contributed by atoms with Gasteiger partial charge in [-0.2, -0.15) is 4.68 Å². The number of hydrogen-bond donors (Lipinski definition) is 1. The lowest BCUT2D eigenvalue weighted by molar-refractivity contribution is 0.771. The van der Waals surface area contributed by atoms with Gasteiger partial charge in [-0.3, -0.25) is 0 Å². The molecule has 2 aromatic rings. The highest BCUT2D eigenvalue weighted by Gasteiger charge is 2.12. The van der Waals surface area contributed by atoms with Gasteiger partial charge in [-0.15, -0.1) is 5.10 Å². The van der Waals surface area contributed by atoms with Crippen LogP contribution in [-0.4, -0.2) is 19.7 Å². The van der Waals surface area contributed by atoms with Crippen molar-refractivity contribution in [3.8, 4) is 5.82 Å². The molecule has 5 nitrogen and oxygen atoms in total. The molecule has 2 aromatic heterocycles. The zero-order chi connectivity index (χ0) is 12.4. The minimum atomic E-state index is 0.585. The summed E-state index contributed by atoms with van der Waals surface area (Å²) in [5.41, 5.74) is 6.53. The van der Waals surface area contributed by atoms with Crippen molar-refractivity contribution in [1.82, 2.24) is 19.7 Å². The molecule has 0 unspecified atom stereocenters. The van der Waals surface area contributed by atoms with Gasteiger partial charge >= 0.3 is 0 Å². The van der Waals surface area contributed by atoms with E-state index >= 15 is 0 Å². The second-order valence-corrected chi connectivity index (χ2v) is 4.55. The summed E-state index contributed by atoms with van der Waals surface area (Å²) >= 11 is 3.34. The number of nitrogen functional groups attached to an aromatic ring is 1. The minimum absolute atomic E-state index is 0.585. The van der Waals surface area contributed by atoms with E-state index < -0.39 is 0 Å². The summed E-state index contributed by atoms with van der Waals surface area (Å²) in [4.78, 5) is 8.72. The van der Waals surface area contributed by atoms with Crippen LogP contribution < -0.4 is 5.73 Å². The number of anilines is 1. The summed E-state index contributed by atoms with van der Waals surface area (Å²) in [7, 11) is 0. The number of nitrogens with two attached hydrogens (primary N) is 1. The lowest BCUT2D eigenvalue weighted by atomic mass is 10.4. The van der Waals surface area contributed by atoms with Crippen LogP contribution in [0.2, 0.25) is 0 Å². The Morgan fingerprint density at radius 2 is 2.12 bits per heavy atom. The number of pyridine rings is 1. The van der Waals surface area contributed by atoms with Gasteiger partial charge in [-0.05, 0) is 22.0 Å². The predicted octanol–water partition coefficient (Wildman–Crippen LogP) is 2.13. The van der Waals surface area contributed by atoms with E-state index in [-0.39, 0.29) is 0 Å². The monoisotopic (exact) mass is 295 g/mol. The average molecular weight is 296 g/mol. The van der Waals surface area contributed by atoms with Gasteiger partial charge in [0.1, 0.15) is 5.82 Å². The van der Waals surface area contributed by atoms with E-state index in [0.717, 1.165) is 29.0 Å². The molecule has 90 valence electrons. The molecule has 17 heavy (non-hydrogen) atoms. The highest BCUT2D eigenvalue weighted by molar-refractivity contribution is 9.10. The van der Waals surface area contributed by atoms with Crippen molar-refractivity contribution in [3.05, 3.63) is 28.4 Å². The first-order valence-electron chi connectivity index (χ1n) is 5.51. The molecule has 0 aromatic carbocycles. The highest BCUT2D eigenvalue weighted by atomic mass is 79.9. The van der Waals surface area contributed by atoms with Crippen LogP contribution in [0.3, 0.4) is 0 Å². The van der Waals surface area contributed by atoms with Crippen LogP contribution in [0.15, 0.2) is 16.7 Å². The SMILES string of the molecule is CCc1nc(CC)n(-c2ncc(Br)cc2N)n1. The topological polar surface area (TPSA) is 69.6 Å². The molecule has 6 heteroatoms. The maximum absolute atomic E-state index is 5.95. The molecule has 2 N–H and O–H groups in total. The number of rotatable bonds is 3. The Morgan fingerprint density at radius 3 is 2.71 bits per heavy atom. The third-order valence-electron chi connectivity index (χ3n) is 2.41. The molecular formula is C11H14BrN5. The Balaban J connectivity index is 2.55. The van der Waals surface area contributed by atoms with Gasteiger partial charge in [0.2, 0.25) is 0 Å². The zero-order valence-corrected chi connectivity index (χ0v) is 11.4. The van der Waals surface area contributed by atoms with Gasteiger partial charge in [0, 0.05) is 23.5 Å². The lowest BCUT2D eigenvalue weighted by Crippen LogP contribution is -2.07. The number of halogens is 1. The summed E-state index contributed by atoms with van der Waals surface area (Å²) in [5.74, 6) is 2.33. The fourth-order valence-electron chi connectivity index (χ4n) is 1.56. The Bertz CT molecular complexity index is 535. The Kier molecular flexibility index (Phi) is 3.42. The van der Waals surface area contributed by atoms with E-state index in [4.69, 9.17) is 5.73 Å². The van der Waals surface area contributed by atoms with Gasteiger partial charge in [-0.1, -0.05) is 13.8 Å². The van der Waals surface area contributed by atoms with Crippen molar-refractivity contribution in [3.63, 3.8) is 0 Å². The largest absolute Gasteiger partial charge is 0.396 e. The number of nitrogens with zero attached hydrogens (tertiary/aromatic N) is 4. The van der Waals surface area contributed by atoms with Crippen molar-refractivity contribution in [2.75, 3.05) is 5.73 Å². The molecule has 0 radical (unpaired) electrons. The molecule has 2 rings (SSSR count). The third-order valence-corrected chi connectivity index (χ3v) is 2.85. The van der Waals surface area contributed by atoms with Crippen molar-refractivity contribution in [1.29, 1.82) is 0 Å². The first-order valence-corrected chi connectivity index (χ1v) is 6.31. The van der Waals surface area contributed by atoms with Crippen LogP contribution in [0.25, 0.3) is 5.82 Å². The van der Waals surface area contributed by atoms with Crippen molar-refractivity contribution in [2.24, 2.45) is 0 Å². The van der Waals surface area contributed by atoms with E-state index in [1.807, 2.05) is 19.9 Å². The van der Waals surface area contributed by atoms with Crippen molar-refractivity contribution >= 4 is 21.6 Å². The lowest BCUT2D eigenvalue weighted by Gasteiger charge is -2.06. The zero-order valence-electron chi connectivity index (χ0n) is 9.81. The minimum Gasteiger partial charge on any atom is -0.396 e. The van der Waals surface area contributed by atoms with Crippen LogP contribution in [0.4, 0.5) is 5.69 Å². The van der Waals surface area contributed by atoms with E-state index in [1.54, 1.807) is 10.9 Å². The van der Waals surface area contributed by atoms with Crippen LogP contribution in [-0.2, 0) is 12.8 Å². The summed E-state index contributed by atoms with van der Waals surface area (Å²) in [6, 6.07) is 1.81. The maximum atomic E-state index is 5.95. The van der Waals surface area contributed by atoms with E-state index in [2.05, 4.69) is 31.0 Å². The Morgan fingerprint density at radius 1 is 1.35 bits per heavy atom. The predicted molar refractivity (Wildman–Crippen MR) is 70.0 cm³/mol. The summed E-state index contributed by atoms with van der Waals surface area (Å²) in [5, 5.41) is 4.41. The highest BCUT2D eigenvalue weighted by Crippen LogP contribution is 2.20. The first-order chi connectivity index (χ1) is 8.15. The van der Waals surface area contributed by atoms with Gasteiger partial charge in [0.25, 0.3) is 0 Å². The first kappa shape index (κ1) is 12.0. The third kappa shape index (κ3) is 2.31. The summed E-state index contributed by atoms with van der Waals surface area (Å²) in [6.07, 6.45) is 3.30. The molecule has 0 fully saturated rings. The molecule has 0 aliphatic heterocycles. The second-order valence-electron chi connectivity index (χ2n) is 3.63. The van der Waals surface area contributed by atoms with Crippen LogP contribution in [0.1, 0.15) is 25.5 Å². The molecule has 0 aliphatic carbocycles. The smallest absolute Gasteiger partial charge is 0.178 e. The van der Waals surface area contributed by atoms with Crippen LogP contribution >= 0.6 is 15.9 Å². The molecule has 0 aliphatic rings. The molecular weight excluding hydrogens is 282 g/mol. The molecule has 0 spiro atoms. The van der Waals surface area contributed by atoms with Gasteiger partial charge in [0.15, 0.2) is 11.6 Å². The second kappa shape index (κ2) is 4.83. The molecule has 0 saturated carbocycles. The van der Waals surface area contributed by atoms with Crippen LogP contribution in [0.5, 0.6) is 0 Å². The fourth-order valence-corrected chi connectivity index (χ4v) is 1.91. The van der Waals surface area contributed by atoms with Gasteiger partial charge < -0.3 is 5.73 Å². The van der Waals surface area contributed by atoms with Gasteiger partial charge in [-0.25, -0.2) is 9.97 Å². The standard InChI is InChI=1S/C11H14BrN5/c1-3-9-15-10(4-2)17(16-9)11-8(13)5-7(12)6-14-11/h5-6H,3-4,13H2,1-2H3. The van der Waals surface area contributed by atoms with E-state index in [0.29, 0.717) is 11.5 Å². The molecule has 0 saturated heterocycles. The Labute approximate surface area is 108 Å². The summed E-state index contributed by atoms with van der Waals surface area (Å²) in [6.45, 7) is 4.06. The maximum Gasteiger partial charge on any atom is 0.178 e. The molecule has 0 amide bonds. The van der Waals surface area contributed by atoms with Crippen molar-refractivity contribution < 1.29 is 0 Å². The van der Waals surface area contributed by atoms with Crippen molar-refractivity contribution in [2.45, 2.75) is 26.7 Å². The normalized spacial score (nSPS) is 10.8. The number of aryl methyl sites for hydroxylation is 2. The Hall–Kier alpha value is -1.43. The fraction of sp³-hybridized carbons (Fsp3) is 0.364. The van der Waals surface area contributed by atoms with Crippen LogP contribution in [0, 0.1) is 0 Å². The van der Waals surface area contributed by atoms with Gasteiger partial charge in [0.05, 0.1) is 5.69 Å². The average Bonchev–Trinajstić information content (AvgIpc) is 2.72. The number of hydrogen-bond acceptors (Lipinski definition) is 4. The quantitative estimate of drug-likeness (QED) is 0.942. The van der Waals surface area contributed by atoms with E-state index in [1.165, 1.54) is 0 Å². The summed E-state index contributed by atoms with van der Waals surface area (Å²) < 4.78 is 2.58. The molecule has 0 bridgehead atoms.